The number of benzene rings is 1. The minimum Gasteiger partial charge on any atom is -0.481 e. The molecule has 4 heteroatoms. The van der Waals surface area contributed by atoms with Crippen molar-refractivity contribution in [3.63, 3.8) is 0 Å². The molecule has 0 bridgehead atoms. The highest BCUT2D eigenvalue weighted by Crippen LogP contribution is 2.20. The summed E-state index contributed by atoms with van der Waals surface area (Å²) in [4.78, 5) is 20.5. The lowest BCUT2D eigenvalue weighted by molar-refractivity contribution is -0.137. The van der Waals surface area contributed by atoms with Crippen LogP contribution in [-0.2, 0) is 9.59 Å². The molecule has 0 radical (unpaired) electrons. The lowest BCUT2D eigenvalue weighted by Crippen LogP contribution is -1.99. The number of aliphatic carboxylic acids is 2. The zero-order chi connectivity index (χ0) is 17.7. The molecule has 0 aliphatic rings. The third-order valence-corrected chi connectivity index (χ3v) is 3.07. The Morgan fingerprint density at radius 3 is 2.09 bits per heavy atom. The second kappa shape index (κ2) is 12.4. The van der Waals surface area contributed by atoms with Crippen LogP contribution in [0.2, 0.25) is 0 Å². The molecule has 0 aliphatic heterocycles. The summed E-state index contributed by atoms with van der Waals surface area (Å²) in [6.45, 7) is 5.91. The van der Waals surface area contributed by atoms with Gasteiger partial charge in [-0.3, -0.25) is 4.79 Å². The van der Waals surface area contributed by atoms with Crippen molar-refractivity contribution in [2.24, 2.45) is 5.92 Å². The van der Waals surface area contributed by atoms with Crippen LogP contribution in [0.4, 0.5) is 0 Å². The SMILES string of the molecule is CC(C)CC(=O)O.CCCCCC(=CC(=O)O)c1ccccc1. The standard InChI is InChI=1S/C14H18O2.C5H10O2/c1-2-3-5-10-13(11-14(15)16)12-8-6-4-7-9-12;1-4(2)3-5(6)7/h4,6-9,11H,2-3,5,10H2,1H3,(H,15,16);4H,3H2,1-2H3,(H,6,7). The molecular weight excluding hydrogens is 292 g/mol. The van der Waals surface area contributed by atoms with Crippen molar-refractivity contribution in [3.8, 4) is 0 Å². The minimum atomic E-state index is -0.865. The molecule has 0 saturated carbocycles. The molecule has 0 atom stereocenters. The lowest BCUT2D eigenvalue weighted by Gasteiger charge is -2.06. The fourth-order valence-corrected chi connectivity index (χ4v) is 2.02. The van der Waals surface area contributed by atoms with Crippen molar-refractivity contribution < 1.29 is 19.8 Å². The predicted octanol–water partition coefficient (Wildman–Crippen LogP) is 4.85. The fourth-order valence-electron chi connectivity index (χ4n) is 2.02. The summed E-state index contributed by atoms with van der Waals surface area (Å²) in [5.74, 6) is -1.30. The molecule has 1 aromatic carbocycles. The molecule has 0 aliphatic carbocycles. The summed E-state index contributed by atoms with van der Waals surface area (Å²) in [6.07, 6.45) is 5.78. The van der Waals surface area contributed by atoms with Gasteiger partial charge >= 0.3 is 11.9 Å². The van der Waals surface area contributed by atoms with E-state index in [-0.39, 0.29) is 12.3 Å². The summed E-state index contributed by atoms with van der Waals surface area (Å²) in [5, 5.41) is 16.9. The Labute approximate surface area is 138 Å². The van der Waals surface area contributed by atoms with E-state index in [4.69, 9.17) is 10.2 Å². The summed E-state index contributed by atoms with van der Waals surface area (Å²) in [7, 11) is 0. The maximum Gasteiger partial charge on any atom is 0.328 e. The molecule has 23 heavy (non-hydrogen) atoms. The Balaban J connectivity index is 0.000000585. The van der Waals surface area contributed by atoms with Gasteiger partial charge in [0.15, 0.2) is 0 Å². The van der Waals surface area contributed by atoms with Gasteiger partial charge in [0, 0.05) is 12.5 Å². The number of carboxylic acid groups (broad SMARTS) is 2. The highest BCUT2D eigenvalue weighted by atomic mass is 16.4. The number of unbranched alkanes of at least 4 members (excludes halogenated alkanes) is 2. The van der Waals surface area contributed by atoms with E-state index in [9.17, 15) is 9.59 Å². The molecule has 1 rings (SSSR count). The van der Waals surface area contributed by atoms with Gasteiger partial charge in [0.2, 0.25) is 0 Å². The largest absolute Gasteiger partial charge is 0.481 e. The highest BCUT2D eigenvalue weighted by Gasteiger charge is 2.03. The Kier molecular flexibility index (Phi) is 11.3. The van der Waals surface area contributed by atoms with Crippen LogP contribution in [-0.4, -0.2) is 22.2 Å². The number of rotatable bonds is 8. The van der Waals surface area contributed by atoms with Crippen LogP contribution in [0.3, 0.4) is 0 Å². The lowest BCUT2D eigenvalue weighted by atomic mass is 9.99. The van der Waals surface area contributed by atoms with Crippen LogP contribution in [0.5, 0.6) is 0 Å². The molecule has 0 heterocycles. The first-order valence-electron chi connectivity index (χ1n) is 8.07. The van der Waals surface area contributed by atoms with E-state index in [1.807, 2.05) is 44.2 Å². The summed E-state index contributed by atoms with van der Waals surface area (Å²) < 4.78 is 0. The molecule has 0 amide bonds. The molecule has 2 N–H and O–H groups in total. The van der Waals surface area contributed by atoms with Gasteiger partial charge in [-0.2, -0.15) is 0 Å². The molecule has 0 unspecified atom stereocenters. The minimum absolute atomic E-state index is 0.275. The first kappa shape index (κ1) is 20.9. The first-order valence-corrected chi connectivity index (χ1v) is 8.07. The number of carbonyl (C=O) groups is 2. The van der Waals surface area contributed by atoms with Crippen LogP contribution in [0, 0.1) is 5.92 Å². The Morgan fingerprint density at radius 1 is 1.09 bits per heavy atom. The number of hydrogen-bond donors (Lipinski definition) is 2. The summed E-state index contributed by atoms with van der Waals surface area (Å²) in [6, 6.07) is 9.73. The summed E-state index contributed by atoms with van der Waals surface area (Å²) >= 11 is 0. The third kappa shape index (κ3) is 12.2. The van der Waals surface area contributed by atoms with Crippen LogP contribution in [0.1, 0.15) is 58.4 Å². The van der Waals surface area contributed by atoms with E-state index in [0.717, 1.165) is 36.8 Å². The maximum absolute atomic E-state index is 10.7. The molecular formula is C19H28O4. The van der Waals surface area contributed by atoms with Crippen LogP contribution < -0.4 is 0 Å². The number of hydrogen-bond acceptors (Lipinski definition) is 2. The van der Waals surface area contributed by atoms with E-state index in [0.29, 0.717) is 0 Å². The van der Waals surface area contributed by atoms with E-state index in [2.05, 4.69) is 6.92 Å². The number of carboxylic acids is 2. The second-order valence-corrected chi connectivity index (χ2v) is 5.82. The average molecular weight is 320 g/mol. The van der Waals surface area contributed by atoms with Crippen molar-refractivity contribution in [1.82, 2.24) is 0 Å². The van der Waals surface area contributed by atoms with Gasteiger partial charge in [-0.05, 0) is 29.9 Å². The third-order valence-electron chi connectivity index (χ3n) is 3.07. The molecule has 1 aromatic rings. The van der Waals surface area contributed by atoms with Crippen LogP contribution in [0.15, 0.2) is 36.4 Å². The van der Waals surface area contributed by atoms with Crippen LogP contribution in [0.25, 0.3) is 5.57 Å². The highest BCUT2D eigenvalue weighted by molar-refractivity contribution is 5.89. The molecule has 0 saturated heterocycles. The monoisotopic (exact) mass is 320 g/mol. The molecule has 0 fully saturated rings. The van der Waals surface area contributed by atoms with Gasteiger partial charge < -0.3 is 10.2 Å². The van der Waals surface area contributed by atoms with Crippen molar-refractivity contribution >= 4 is 17.5 Å². The normalized spacial score (nSPS) is 10.9. The number of allylic oxidation sites excluding steroid dienone is 1. The molecule has 0 spiro atoms. The quantitative estimate of drug-likeness (QED) is 0.530. The zero-order valence-corrected chi connectivity index (χ0v) is 14.3. The maximum atomic E-state index is 10.7. The average Bonchev–Trinajstić information content (AvgIpc) is 2.46. The zero-order valence-electron chi connectivity index (χ0n) is 14.3. The molecule has 0 aromatic heterocycles. The van der Waals surface area contributed by atoms with Gasteiger partial charge in [0.25, 0.3) is 0 Å². The molecule has 4 nitrogen and oxygen atoms in total. The smallest absolute Gasteiger partial charge is 0.328 e. The van der Waals surface area contributed by atoms with Gasteiger partial charge in [-0.1, -0.05) is 63.9 Å². The van der Waals surface area contributed by atoms with Gasteiger partial charge in [-0.15, -0.1) is 0 Å². The first-order chi connectivity index (χ1) is 10.9. The van der Waals surface area contributed by atoms with E-state index in [1.54, 1.807) is 0 Å². The van der Waals surface area contributed by atoms with E-state index < -0.39 is 11.9 Å². The van der Waals surface area contributed by atoms with E-state index >= 15 is 0 Å². The predicted molar refractivity (Wildman–Crippen MR) is 93.3 cm³/mol. The Morgan fingerprint density at radius 2 is 1.70 bits per heavy atom. The van der Waals surface area contributed by atoms with E-state index in [1.165, 1.54) is 6.08 Å². The van der Waals surface area contributed by atoms with Crippen LogP contribution >= 0.6 is 0 Å². The second-order valence-electron chi connectivity index (χ2n) is 5.82. The van der Waals surface area contributed by atoms with Crippen molar-refractivity contribution in [1.29, 1.82) is 0 Å². The topological polar surface area (TPSA) is 74.6 Å². The van der Waals surface area contributed by atoms with Crippen molar-refractivity contribution in [2.75, 3.05) is 0 Å². The Bertz CT molecular complexity index is 489. The van der Waals surface area contributed by atoms with Gasteiger partial charge in [-0.25, -0.2) is 4.79 Å². The van der Waals surface area contributed by atoms with Crippen molar-refractivity contribution in [3.05, 3.63) is 42.0 Å². The Hall–Kier alpha value is -2.10. The molecule has 128 valence electrons. The van der Waals surface area contributed by atoms with Crippen molar-refractivity contribution in [2.45, 2.75) is 52.9 Å². The fraction of sp³-hybridized carbons (Fsp3) is 0.474. The van der Waals surface area contributed by atoms with Gasteiger partial charge in [0.05, 0.1) is 0 Å². The van der Waals surface area contributed by atoms with Gasteiger partial charge in [0.1, 0.15) is 0 Å². The summed E-state index contributed by atoms with van der Waals surface area (Å²) in [5.41, 5.74) is 1.93.